The molecule has 1 fully saturated rings. The maximum atomic E-state index is 12.6. The van der Waals surface area contributed by atoms with Gasteiger partial charge in [-0.05, 0) is 25.3 Å². The van der Waals surface area contributed by atoms with Crippen LogP contribution in [0, 0.1) is 6.92 Å². The van der Waals surface area contributed by atoms with Gasteiger partial charge in [-0.25, -0.2) is 9.89 Å². The molecule has 0 aliphatic carbocycles. The lowest BCUT2D eigenvalue weighted by molar-refractivity contribution is -0.132. The van der Waals surface area contributed by atoms with E-state index in [2.05, 4.69) is 48.3 Å². The zero-order chi connectivity index (χ0) is 16.4. The third-order valence-corrected chi connectivity index (χ3v) is 4.71. The van der Waals surface area contributed by atoms with Gasteiger partial charge in [-0.1, -0.05) is 36.8 Å². The maximum absolute atomic E-state index is 12.6. The fraction of sp³-hybridized carbons (Fsp3) is 0.471. The number of aryl methyl sites for hydroxylation is 1. The van der Waals surface area contributed by atoms with Crippen molar-refractivity contribution in [2.75, 3.05) is 6.54 Å². The van der Waals surface area contributed by atoms with Gasteiger partial charge in [-0.2, -0.15) is 5.10 Å². The van der Waals surface area contributed by atoms with E-state index in [0.29, 0.717) is 5.92 Å². The molecule has 1 N–H and O–H groups in total. The molecule has 3 rings (SSSR count). The Kier molecular flexibility index (Phi) is 4.32. The average Bonchev–Trinajstić information content (AvgIpc) is 3.14. The van der Waals surface area contributed by atoms with E-state index in [1.54, 1.807) is 0 Å². The second-order valence-electron chi connectivity index (χ2n) is 6.16. The number of hydrogen-bond acceptors (Lipinski definition) is 3. The standard InChI is InChI=1S/C17H22N4O2/c1-3-15-14(13-6-4-12(2)5-7-13)8-9-21(15)16(22)10-20-11-18-19-17(20)23/h4-7,11,14-15H,3,8-10H2,1-2H3,(H,19,23). The Balaban J connectivity index is 1.76. The van der Waals surface area contributed by atoms with E-state index in [-0.39, 0.29) is 24.2 Å². The molecule has 1 aliphatic heterocycles. The number of carbonyl (C=O) groups excluding carboxylic acids is 1. The summed E-state index contributed by atoms with van der Waals surface area (Å²) in [6.45, 7) is 4.98. The SMILES string of the molecule is CCC1C(c2ccc(C)cc2)CCN1C(=O)Cn1cn[nH]c1=O. The van der Waals surface area contributed by atoms with Crippen molar-refractivity contribution in [1.82, 2.24) is 19.7 Å². The number of nitrogens with one attached hydrogen (secondary N) is 1. The van der Waals surface area contributed by atoms with Crippen molar-refractivity contribution in [3.05, 3.63) is 52.2 Å². The van der Waals surface area contributed by atoms with E-state index in [1.165, 1.54) is 22.0 Å². The number of H-pyrrole nitrogens is 1. The molecule has 1 aliphatic rings. The van der Waals surface area contributed by atoms with E-state index in [9.17, 15) is 9.59 Å². The van der Waals surface area contributed by atoms with Crippen molar-refractivity contribution in [1.29, 1.82) is 0 Å². The molecule has 0 radical (unpaired) electrons. The minimum atomic E-state index is -0.347. The van der Waals surface area contributed by atoms with Gasteiger partial charge in [0.1, 0.15) is 12.9 Å². The first-order chi connectivity index (χ1) is 11.1. The largest absolute Gasteiger partial charge is 0.343 e. The molecule has 6 nitrogen and oxygen atoms in total. The number of aromatic nitrogens is 3. The van der Waals surface area contributed by atoms with E-state index in [4.69, 9.17) is 0 Å². The van der Waals surface area contributed by atoms with Gasteiger partial charge in [0.05, 0.1) is 0 Å². The number of hydrogen-bond donors (Lipinski definition) is 1. The number of carbonyl (C=O) groups is 1. The van der Waals surface area contributed by atoms with Gasteiger partial charge in [0, 0.05) is 18.5 Å². The first-order valence-corrected chi connectivity index (χ1v) is 8.06. The molecule has 1 aromatic carbocycles. The minimum Gasteiger partial charge on any atom is -0.338 e. The second kappa shape index (κ2) is 6.40. The topological polar surface area (TPSA) is 71.0 Å². The van der Waals surface area contributed by atoms with Crippen LogP contribution in [0.15, 0.2) is 35.4 Å². The lowest BCUT2D eigenvalue weighted by atomic mass is 9.90. The van der Waals surface area contributed by atoms with Crippen LogP contribution in [0.5, 0.6) is 0 Å². The van der Waals surface area contributed by atoms with Crippen LogP contribution >= 0.6 is 0 Å². The Morgan fingerprint density at radius 2 is 2.09 bits per heavy atom. The smallest absolute Gasteiger partial charge is 0.338 e. The number of likely N-dealkylation sites (tertiary alicyclic amines) is 1. The zero-order valence-corrected chi connectivity index (χ0v) is 13.5. The molecule has 2 aromatic rings. The number of aromatic amines is 1. The Morgan fingerprint density at radius 3 is 2.70 bits per heavy atom. The molecule has 2 unspecified atom stereocenters. The summed E-state index contributed by atoms with van der Waals surface area (Å²) < 4.78 is 1.31. The van der Waals surface area contributed by atoms with Gasteiger partial charge < -0.3 is 4.90 Å². The minimum absolute atomic E-state index is 0.0186. The molecule has 1 saturated heterocycles. The summed E-state index contributed by atoms with van der Waals surface area (Å²) in [5.41, 5.74) is 2.19. The monoisotopic (exact) mass is 314 g/mol. The summed E-state index contributed by atoms with van der Waals surface area (Å²) in [5.74, 6) is 0.348. The second-order valence-corrected chi connectivity index (χ2v) is 6.16. The first kappa shape index (κ1) is 15.5. The van der Waals surface area contributed by atoms with Crippen molar-refractivity contribution in [2.24, 2.45) is 0 Å². The molecule has 2 atom stereocenters. The van der Waals surface area contributed by atoms with Crippen LogP contribution in [0.3, 0.4) is 0 Å². The highest BCUT2D eigenvalue weighted by Gasteiger charge is 2.36. The van der Waals surface area contributed by atoms with Gasteiger partial charge in [0.15, 0.2) is 0 Å². The fourth-order valence-electron chi connectivity index (χ4n) is 3.49. The Labute approximate surface area is 135 Å². The van der Waals surface area contributed by atoms with Crippen LogP contribution in [0.4, 0.5) is 0 Å². The third kappa shape index (κ3) is 3.06. The molecule has 0 saturated carbocycles. The summed E-state index contributed by atoms with van der Waals surface area (Å²) in [4.78, 5) is 26.0. The van der Waals surface area contributed by atoms with E-state index < -0.39 is 0 Å². The van der Waals surface area contributed by atoms with Crippen LogP contribution in [0.25, 0.3) is 0 Å². The van der Waals surface area contributed by atoms with Crippen LogP contribution in [0.2, 0.25) is 0 Å². The number of rotatable bonds is 4. The van der Waals surface area contributed by atoms with Crippen molar-refractivity contribution in [3.63, 3.8) is 0 Å². The average molecular weight is 314 g/mol. The molecular formula is C17H22N4O2. The van der Waals surface area contributed by atoms with Crippen LogP contribution in [0.1, 0.15) is 36.8 Å². The molecular weight excluding hydrogens is 292 g/mol. The molecule has 122 valence electrons. The van der Waals surface area contributed by atoms with E-state index in [1.807, 2.05) is 4.90 Å². The fourth-order valence-corrected chi connectivity index (χ4v) is 3.49. The molecule has 23 heavy (non-hydrogen) atoms. The normalized spacial score (nSPS) is 20.9. The lowest BCUT2D eigenvalue weighted by Gasteiger charge is -2.27. The molecule has 1 aromatic heterocycles. The Bertz CT molecular complexity index is 732. The first-order valence-electron chi connectivity index (χ1n) is 8.06. The third-order valence-electron chi connectivity index (χ3n) is 4.71. The van der Waals surface area contributed by atoms with Gasteiger partial charge >= 0.3 is 5.69 Å². The summed E-state index contributed by atoms with van der Waals surface area (Å²) >= 11 is 0. The molecule has 6 heteroatoms. The maximum Gasteiger partial charge on any atom is 0.343 e. The van der Waals surface area contributed by atoms with Crippen molar-refractivity contribution < 1.29 is 4.79 Å². The van der Waals surface area contributed by atoms with Gasteiger partial charge in [0.2, 0.25) is 5.91 Å². The molecule has 2 heterocycles. The van der Waals surface area contributed by atoms with Gasteiger partial charge in [0.25, 0.3) is 0 Å². The van der Waals surface area contributed by atoms with Crippen LogP contribution in [-0.2, 0) is 11.3 Å². The highest BCUT2D eigenvalue weighted by atomic mass is 16.2. The Hall–Kier alpha value is -2.37. The summed E-state index contributed by atoms with van der Waals surface area (Å²) in [6.07, 6.45) is 3.24. The summed E-state index contributed by atoms with van der Waals surface area (Å²) in [7, 11) is 0. The lowest BCUT2D eigenvalue weighted by Crippen LogP contribution is -2.40. The highest BCUT2D eigenvalue weighted by Crippen LogP contribution is 2.35. The Morgan fingerprint density at radius 1 is 1.35 bits per heavy atom. The summed E-state index contributed by atoms with van der Waals surface area (Å²) in [6, 6.07) is 8.76. The number of nitrogens with zero attached hydrogens (tertiary/aromatic N) is 3. The molecule has 0 spiro atoms. The highest BCUT2D eigenvalue weighted by molar-refractivity contribution is 5.77. The van der Waals surface area contributed by atoms with Crippen LogP contribution < -0.4 is 5.69 Å². The van der Waals surface area contributed by atoms with Gasteiger partial charge in [-0.3, -0.25) is 9.36 Å². The predicted molar refractivity (Wildman–Crippen MR) is 87.2 cm³/mol. The van der Waals surface area contributed by atoms with Crippen molar-refractivity contribution in [3.8, 4) is 0 Å². The van der Waals surface area contributed by atoms with E-state index >= 15 is 0 Å². The molecule has 1 amide bonds. The van der Waals surface area contributed by atoms with Crippen LogP contribution in [-0.4, -0.2) is 38.2 Å². The quantitative estimate of drug-likeness (QED) is 0.933. The van der Waals surface area contributed by atoms with Crippen molar-refractivity contribution in [2.45, 2.75) is 45.2 Å². The molecule has 0 bridgehead atoms. The number of benzene rings is 1. The summed E-state index contributed by atoms with van der Waals surface area (Å²) in [5, 5.41) is 5.98. The van der Waals surface area contributed by atoms with Gasteiger partial charge in [-0.15, -0.1) is 0 Å². The predicted octanol–water partition coefficient (Wildman–Crippen LogP) is 1.67. The number of amides is 1. The van der Waals surface area contributed by atoms with E-state index in [0.717, 1.165) is 19.4 Å². The van der Waals surface area contributed by atoms with Crippen molar-refractivity contribution >= 4 is 5.91 Å². The zero-order valence-electron chi connectivity index (χ0n) is 13.5.